The fourth-order valence-corrected chi connectivity index (χ4v) is 2.33. The highest BCUT2D eigenvalue weighted by molar-refractivity contribution is 7.80. The standard InChI is InChI=1S/C19H23N3O2S/c1-14-8-6-11-17(15(14)2)20-19(25)22-21-18(23)12-7-13-24-16-9-4-3-5-10-16/h3-6,8-11H,7,12-13H2,1-2H3,(H,21,23)(H2,20,22,25). The summed E-state index contributed by atoms with van der Waals surface area (Å²) in [5.74, 6) is 0.668. The Balaban J connectivity index is 1.64. The fourth-order valence-electron chi connectivity index (χ4n) is 2.17. The number of rotatable bonds is 6. The van der Waals surface area contributed by atoms with Crippen LogP contribution in [0.15, 0.2) is 48.5 Å². The van der Waals surface area contributed by atoms with Crippen LogP contribution in [0.1, 0.15) is 24.0 Å². The predicted octanol–water partition coefficient (Wildman–Crippen LogP) is 3.48. The Kier molecular flexibility index (Phi) is 7.22. The van der Waals surface area contributed by atoms with Crippen LogP contribution < -0.4 is 20.9 Å². The maximum Gasteiger partial charge on any atom is 0.238 e. The van der Waals surface area contributed by atoms with Gasteiger partial charge in [-0.3, -0.25) is 15.6 Å². The number of para-hydroxylation sites is 1. The van der Waals surface area contributed by atoms with Gasteiger partial charge in [0.1, 0.15) is 5.75 Å². The van der Waals surface area contributed by atoms with E-state index >= 15 is 0 Å². The number of amides is 1. The minimum absolute atomic E-state index is 0.137. The van der Waals surface area contributed by atoms with Crippen LogP contribution in [0.5, 0.6) is 5.75 Å². The summed E-state index contributed by atoms with van der Waals surface area (Å²) in [6.45, 7) is 4.55. The highest BCUT2D eigenvalue weighted by Gasteiger charge is 2.05. The number of ether oxygens (including phenoxy) is 1. The summed E-state index contributed by atoms with van der Waals surface area (Å²) in [6, 6.07) is 15.5. The number of hydrogen-bond acceptors (Lipinski definition) is 3. The van der Waals surface area contributed by atoms with Crippen molar-refractivity contribution in [2.75, 3.05) is 11.9 Å². The lowest BCUT2D eigenvalue weighted by atomic mass is 10.1. The molecule has 0 spiro atoms. The first-order chi connectivity index (χ1) is 12.1. The normalized spacial score (nSPS) is 10.0. The summed E-state index contributed by atoms with van der Waals surface area (Å²) in [5, 5.41) is 3.43. The number of benzene rings is 2. The number of hydrogen-bond donors (Lipinski definition) is 3. The van der Waals surface area contributed by atoms with E-state index in [0.717, 1.165) is 17.0 Å². The van der Waals surface area contributed by atoms with Crippen molar-refractivity contribution in [2.24, 2.45) is 0 Å². The van der Waals surface area contributed by atoms with Crippen LogP contribution >= 0.6 is 12.2 Å². The number of thiocarbonyl (C=S) groups is 1. The molecule has 1 amide bonds. The zero-order valence-corrected chi connectivity index (χ0v) is 15.3. The molecule has 0 radical (unpaired) electrons. The summed E-state index contributed by atoms with van der Waals surface area (Å²) in [6.07, 6.45) is 0.978. The van der Waals surface area contributed by atoms with Gasteiger partial charge in [0.25, 0.3) is 0 Å². The van der Waals surface area contributed by atoms with Crippen LogP contribution in [0, 0.1) is 13.8 Å². The van der Waals surface area contributed by atoms with Crippen LogP contribution in [-0.2, 0) is 4.79 Å². The van der Waals surface area contributed by atoms with Gasteiger partial charge in [-0.25, -0.2) is 0 Å². The molecule has 2 aromatic carbocycles. The Hall–Kier alpha value is -2.60. The number of anilines is 1. The number of nitrogens with one attached hydrogen (secondary N) is 3. The predicted molar refractivity (Wildman–Crippen MR) is 105 cm³/mol. The van der Waals surface area contributed by atoms with Gasteiger partial charge < -0.3 is 10.1 Å². The van der Waals surface area contributed by atoms with Crippen LogP contribution in [0.3, 0.4) is 0 Å². The van der Waals surface area contributed by atoms with E-state index in [4.69, 9.17) is 17.0 Å². The molecule has 6 heteroatoms. The number of hydrazine groups is 1. The van der Waals surface area contributed by atoms with Gasteiger partial charge in [0, 0.05) is 12.1 Å². The molecule has 5 nitrogen and oxygen atoms in total. The molecule has 25 heavy (non-hydrogen) atoms. The summed E-state index contributed by atoms with van der Waals surface area (Å²) in [4.78, 5) is 11.8. The van der Waals surface area contributed by atoms with Crippen LogP contribution in [0.2, 0.25) is 0 Å². The third-order valence-electron chi connectivity index (χ3n) is 3.73. The molecular formula is C19H23N3O2S. The lowest BCUT2D eigenvalue weighted by Crippen LogP contribution is -2.43. The van der Waals surface area contributed by atoms with E-state index in [1.54, 1.807) is 0 Å². The molecule has 0 aromatic heterocycles. The van der Waals surface area contributed by atoms with Gasteiger partial charge >= 0.3 is 0 Å². The average Bonchev–Trinajstić information content (AvgIpc) is 2.62. The van der Waals surface area contributed by atoms with E-state index in [-0.39, 0.29) is 5.91 Å². The van der Waals surface area contributed by atoms with E-state index in [1.807, 2.05) is 62.4 Å². The molecule has 132 valence electrons. The van der Waals surface area contributed by atoms with Crippen molar-refractivity contribution in [3.8, 4) is 5.75 Å². The summed E-state index contributed by atoms with van der Waals surface area (Å²) < 4.78 is 5.55. The minimum Gasteiger partial charge on any atom is -0.494 e. The molecule has 0 atom stereocenters. The van der Waals surface area contributed by atoms with Crippen molar-refractivity contribution < 1.29 is 9.53 Å². The second-order valence-electron chi connectivity index (χ2n) is 5.64. The van der Waals surface area contributed by atoms with Gasteiger partial charge in [-0.05, 0) is 61.8 Å². The first-order valence-corrected chi connectivity index (χ1v) is 8.57. The van der Waals surface area contributed by atoms with E-state index in [0.29, 0.717) is 24.6 Å². The fraction of sp³-hybridized carbons (Fsp3) is 0.263. The summed E-state index contributed by atoms with van der Waals surface area (Å²) in [7, 11) is 0. The van der Waals surface area contributed by atoms with Gasteiger partial charge in [0.15, 0.2) is 5.11 Å². The molecule has 0 aliphatic heterocycles. The van der Waals surface area contributed by atoms with Gasteiger partial charge in [0.2, 0.25) is 5.91 Å². The second kappa shape index (κ2) is 9.64. The highest BCUT2D eigenvalue weighted by atomic mass is 32.1. The molecule has 2 rings (SSSR count). The maximum absolute atomic E-state index is 11.8. The summed E-state index contributed by atoms with van der Waals surface area (Å²) in [5.41, 5.74) is 8.52. The van der Waals surface area contributed by atoms with Crippen molar-refractivity contribution >= 4 is 28.9 Å². The molecule has 0 unspecified atom stereocenters. The van der Waals surface area contributed by atoms with Crippen LogP contribution in [0.25, 0.3) is 0 Å². The third-order valence-corrected chi connectivity index (χ3v) is 3.93. The first-order valence-electron chi connectivity index (χ1n) is 8.16. The molecule has 0 fully saturated rings. The molecule has 2 aromatic rings. The molecule has 0 heterocycles. The Bertz CT molecular complexity index is 720. The van der Waals surface area contributed by atoms with E-state index in [2.05, 4.69) is 16.2 Å². The third kappa shape index (κ3) is 6.43. The van der Waals surface area contributed by atoms with Crippen molar-refractivity contribution in [3.05, 3.63) is 59.7 Å². The van der Waals surface area contributed by atoms with Crippen molar-refractivity contribution in [1.29, 1.82) is 0 Å². The monoisotopic (exact) mass is 357 g/mol. The van der Waals surface area contributed by atoms with Crippen LogP contribution in [0.4, 0.5) is 5.69 Å². The molecular weight excluding hydrogens is 334 g/mol. The maximum atomic E-state index is 11.8. The quantitative estimate of drug-likeness (QED) is 0.420. The number of carbonyl (C=O) groups is 1. The Morgan fingerprint density at radius 2 is 1.80 bits per heavy atom. The lowest BCUT2D eigenvalue weighted by molar-refractivity contribution is -0.121. The number of aryl methyl sites for hydroxylation is 1. The molecule has 0 saturated carbocycles. The topological polar surface area (TPSA) is 62.4 Å². The van der Waals surface area contributed by atoms with Crippen molar-refractivity contribution in [2.45, 2.75) is 26.7 Å². The molecule has 0 aliphatic carbocycles. The molecule has 0 aliphatic rings. The Morgan fingerprint density at radius 1 is 1.04 bits per heavy atom. The number of carbonyl (C=O) groups excluding carboxylic acids is 1. The average molecular weight is 357 g/mol. The van der Waals surface area contributed by atoms with E-state index in [1.165, 1.54) is 5.56 Å². The van der Waals surface area contributed by atoms with Gasteiger partial charge in [-0.2, -0.15) is 0 Å². The lowest BCUT2D eigenvalue weighted by Gasteiger charge is -2.14. The largest absolute Gasteiger partial charge is 0.494 e. The SMILES string of the molecule is Cc1cccc(NC(=S)NNC(=O)CCCOc2ccccc2)c1C. The van der Waals surface area contributed by atoms with E-state index in [9.17, 15) is 4.79 Å². The summed E-state index contributed by atoms with van der Waals surface area (Å²) >= 11 is 5.19. The Morgan fingerprint density at radius 3 is 2.56 bits per heavy atom. The Labute approximate surface area is 153 Å². The van der Waals surface area contributed by atoms with Gasteiger partial charge in [-0.1, -0.05) is 30.3 Å². The molecule has 0 saturated heterocycles. The van der Waals surface area contributed by atoms with Crippen molar-refractivity contribution in [1.82, 2.24) is 10.9 Å². The molecule has 0 bridgehead atoms. The van der Waals surface area contributed by atoms with Crippen molar-refractivity contribution in [3.63, 3.8) is 0 Å². The first kappa shape index (κ1) is 18.7. The van der Waals surface area contributed by atoms with Crippen LogP contribution in [-0.4, -0.2) is 17.6 Å². The van der Waals surface area contributed by atoms with Gasteiger partial charge in [-0.15, -0.1) is 0 Å². The van der Waals surface area contributed by atoms with E-state index < -0.39 is 0 Å². The zero-order valence-electron chi connectivity index (χ0n) is 14.5. The molecule has 3 N–H and O–H groups in total. The zero-order chi connectivity index (χ0) is 18.1. The smallest absolute Gasteiger partial charge is 0.238 e. The second-order valence-corrected chi connectivity index (χ2v) is 6.05. The highest BCUT2D eigenvalue weighted by Crippen LogP contribution is 2.17. The minimum atomic E-state index is -0.137. The van der Waals surface area contributed by atoms with Gasteiger partial charge in [0.05, 0.1) is 6.61 Å².